The molecule has 0 radical (unpaired) electrons. The summed E-state index contributed by atoms with van der Waals surface area (Å²) in [6.07, 6.45) is 4.48. The summed E-state index contributed by atoms with van der Waals surface area (Å²) >= 11 is 7.59. The molecule has 0 N–H and O–H groups in total. The average molecular weight is 353 g/mol. The van der Waals surface area contributed by atoms with E-state index in [4.69, 9.17) is 11.6 Å². The van der Waals surface area contributed by atoms with Crippen molar-refractivity contribution >= 4 is 33.4 Å². The highest BCUT2D eigenvalue weighted by Gasteiger charge is 2.28. The lowest BCUT2D eigenvalue weighted by molar-refractivity contribution is 0.385. The van der Waals surface area contributed by atoms with Crippen molar-refractivity contribution in [3.8, 4) is 0 Å². The van der Waals surface area contributed by atoms with E-state index in [-0.39, 0.29) is 12.1 Å². The molecule has 1 aromatic heterocycles. The Kier molecular flexibility index (Phi) is 7.10. The molecule has 0 aromatic carbocycles. The highest BCUT2D eigenvalue weighted by atomic mass is 35.5. The first kappa shape index (κ1) is 18.9. The molecule has 0 spiro atoms. The van der Waals surface area contributed by atoms with Crippen LogP contribution in [0.3, 0.4) is 0 Å². The van der Waals surface area contributed by atoms with Gasteiger partial charge in [-0.3, -0.25) is 0 Å². The Bertz CT molecular complexity index is 555. The number of alkyl halides is 1. The number of hydrogen-bond acceptors (Lipinski definition) is 3. The zero-order valence-electron chi connectivity index (χ0n) is 13.3. The van der Waals surface area contributed by atoms with Crippen molar-refractivity contribution in [3.63, 3.8) is 0 Å². The molecule has 0 saturated heterocycles. The zero-order chi connectivity index (χ0) is 16.2. The van der Waals surface area contributed by atoms with Crippen LogP contribution in [0.4, 0.5) is 0 Å². The molecule has 21 heavy (non-hydrogen) atoms. The van der Waals surface area contributed by atoms with Crippen molar-refractivity contribution in [2.24, 2.45) is 0 Å². The van der Waals surface area contributed by atoms with E-state index in [2.05, 4.69) is 0 Å². The third kappa shape index (κ3) is 4.18. The monoisotopic (exact) mass is 352 g/mol. The summed E-state index contributed by atoms with van der Waals surface area (Å²) in [6, 6.07) is 1.87. The molecule has 0 aliphatic carbocycles. The highest BCUT2D eigenvalue weighted by Crippen LogP contribution is 2.25. The van der Waals surface area contributed by atoms with E-state index in [1.165, 1.54) is 4.31 Å². The van der Waals surface area contributed by atoms with Crippen molar-refractivity contribution in [1.82, 2.24) is 8.87 Å². The normalized spacial score (nSPS) is 14.1. The van der Waals surface area contributed by atoms with Gasteiger partial charge in [0.25, 0.3) is 0 Å². The summed E-state index contributed by atoms with van der Waals surface area (Å²) in [5.41, 5.74) is 0.830. The van der Waals surface area contributed by atoms with Gasteiger partial charge in [-0.15, -0.1) is 11.6 Å². The Morgan fingerprint density at radius 2 is 2.05 bits per heavy atom. The Balaban J connectivity index is 3.18. The number of sulfonamides is 1. The van der Waals surface area contributed by atoms with E-state index in [1.54, 1.807) is 31.1 Å². The smallest absolute Gasteiger partial charge is 0.244 e. The first-order valence-electron chi connectivity index (χ1n) is 7.03. The summed E-state index contributed by atoms with van der Waals surface area (Å²) in [7, 11) is -1.82. The number of hydrogen-bond donors (Lipinski definition) is 0. The predicted molar refractivity (Wildman–Crippen MR) is 91.8 cm³/mol. The fourth-order valence-electron chi connectivity index (χ4n) is 2.26. The van der Waals surface area contributed by atoms with E-state index in [0.717, 1.165) is 17.9 Å². The van der Waals surface area contributed by atoms with Crippen LogP contribution in [0, 0.1) is 0 Å². The molecule has 1 rings (SSSR count). The van der Waals surface area contributed by atoms with Crippen molar-refractivity contribution in [1.29, 1.82) is 0 Å². The molecule has 122 valence electrons. The molecule has 1 atom stereocenters. The molecule has 7 heteroatoms. The van der Waals surface area contributed by atoms with Crippen LogP contribution in [-0.2, 0) is 15.9 Å². The van der Waals surface area contributed by atoms with Gasteiger partial charge in [0.15, 0.2) is 0 Å². The Morgan fingerprint density at radius 3 is 2.43 bits per heavy atom. The van der Waals surface area contributed by atoms with Gasteiger partial charge >= 0.3 is 0 Å². The van der Waals surface area contributed by atoms with E-state index in [9.17, 15) is 8.42 Å². The molecular formula is C14H25ClN2O2S2. The summed E-state index contributed by atoms with van der Waals surface area (Å²) in [5.74, 6) is 1.10. The maximum absolute atomic E-state index is 12.8. The van der Waals surface area contributed by atoms with Gasteiger partial charge in [0.1, 0.15) is 4.90 Å². The molecular weight excluding hydrogens is 328 g/mol. The minimum absolute atomic E-state index is 0.00634. The zero-order valence-corrected chi connectivity index (χ0v) is 15.7. The predicted octanol–water partition coefficient (Wildman–Crippen LogP) is 3.57. The van der Waals surface area contributed by atoms with Crippen molar-refractivity contribution < 1.29 is 8.42 Å². The summed E-state index contributed by atoms with van der Waals surface area (Å²) < 4.78 is 29.0. The van der Waals surface area contributed by atoms with Gasteiger partial charge in [0.2, 0.25) is 10.0 Å². The molecule has 4 nitrogen and oxygen atoms in total. The fraction of sp³-hybridized carbons (Fsp3) is 0.714. The molecule has 0 bridgehead atoms. The van der Waals surface area contributed by atoms with E-state index >= 15 is 0 Å². The lowest BCUT2D eigenvalue weighted by Crippen LogP contribution is -2.38. The Hall–Kier alpha value is -0.170. The van der Waals surface area contributed by atoms with Crippen LogP contribution in [0.5, 0.6) is 0 Å². The van der Waals surface area contributed by atoms with Crippen LogP contribution in [0.15, 0.2) is 17.2 Å². The number of rotatable bonds is 8. The Labute approximate surface area is 137 Å². The summed E-state index contributed by atoms with van der Waals surface area (Å²) in [6.45, 7) is 6.04. The summed E-state index contributed by atoms with van der Waals surface area (Å²) in [5, 5.41) is 0. The van der Waals surface area contributed by atoms with Gasteiger partial charge in [0, 0.05) is 36.8 Å². The van der Waals surface area contributed by atoms with Gasteiger partial charge < -0.3 is 4.57 Å². The molecule has 1 unspecified atom stereocenters. The quantitative estimate of drug-likeness (QED) is 0.672. The minimum Gasteiger partial charge on any atom is -0.346 e. The molecule has 0 saturated carbocycles. The van der Waals surface area contributed by atoms with Crippen LogP contribution in [0.1, 0.15) is 38.9 Å². The standard InChI is InChI=1S/C14H25ClN2O2S2/c1-6-12(10-20-5)16(4)21(18,19)14-7-13(8-15)17(9-14)11(2)3/h7,9,11-12H,6,8,10H2,1-5H3. The second-order valence-corrected chi connectivity index (χ2v) is 8.52. The largest absolute Gasteiger partial charge is 0.346 e. The van der Waals surface area contributed by atoms with Gasteiger partial charge in [-0.05, 0) is 32.6 Å². The van der Waals surface area contributed by atoms with Crippen LogP contribution in [0.2, 0.25) is 0 Å². The van der Waals surface area contributed by atoms with E-state index in [0.29, 0.717) is 10.8 Å². The van der Waals surface area contributed by atoms with Gasteiger partial charge in [0.05, 0.1) is 5.88 Å². The second kappa shape index (κ2) is 7.90. The maximum atomic E-state index is 12.8. The third-order valence-corrected chi connectivity index (χ3v) is 6.49. The van der Waals surface area contributed by atoms with Gasteiger partial charge in [-0.2, -0.15) is 16.1 Å². The van der Waals surface area contributed by atoms with Crippen LogP contribution >= 0.6 is 23.4 Å². The lowest BCUT2D eigenvalue weighted by atomic mass is 10.3. The third-order valence-electron chi connectivity index (χ3n) is 3.62. The van der Waals surface area contributed by atoms with Crippen molar-refractivity contribution in [2.45, 2.75) is 50.1 Å². The summed E-state index contributed by atoms with van der Waals surface area (Å²) in [4.78, 5) is 0.328. The Morgan fingerprint density at radius 1 is 1.43 bits per heavy atom. The lowest BCUT2D eigenvalue weighted by Gasteiger charge is -2.25. The SMILES string of the molecule is CCC(CSC)N(C)S(=O)(=O)c1cc(CCl)n(C(C)C)c1. The van der Waals surface area contributed by atoms with Crippen LogP contribution < -0.4 is 0 Å². The molecule has 0 aliphatic heterocycles. The minimum atomic E-state index is -3.48. The molecule has 0 aliphatic rings. The first-order valence-corrected chi connectivity index (χ1v) is 10.4. The fourth-order valence-corrected chi connectivity index (χ4v) is 4.89. The number of aromatic nitrogens is 1. The highest BCUT2D eigenvalue weighted by molar-refractivity contribution is 7.98. The number of thioether (sulfide) groups is 1. The van der Waals surface area contributed by atoms with E-state index < -0.39 is 10.0 Å². The second-order valence-electron chi connectivity index (χ2n) is 5.34. The van der Waals surface area contributed by atoms with E-state index in [1.807, 2.05) is 31.6 Å². The maximum Gasteiger partial charge on any atom is 0.244 e. The number of nitrogens with zero attached hydrogens (tertiary/aromatic N) is 2. The molecule has 1 aromatic rings. The topological polar surface area (TPSA) is 42.3 Å². The van der Waals surface area contributed by atoms with Crippen LogP contribution in [0.25, 0.3) is 0 Å². The average Bonchev–Trinajstić information content (AvgIpc) is 2.89. The molecule has 1 heterocycles. The first-order chi connectivity index (χ1) is 9.79. The van der Waals surface area contributed by atoms with Crippen LogP contribution in [-0.4, -0.2) is 42.4 Å². The molecule has 0 fully saturated rings. The van der Waals surface area contributed by atoms with Crippen molar-refractivity contribution in [2.75, 3.05) is 19.1 Å². The van der Waals surface area contributed by atoms with Gasteiger partial charge in [-0.1, -0.05) is 6.92 Å². The van der Waals surface area contributed by atoms with Gasteiger partial charge in [-0.25, -0.2) is 8.42 Å². The van der Waals surface area contributed by atoms with Crippen molar-refractivity contribution in [3.05, 3.63) is 18.0 Å². The number of halogens is 1. The molecule has 0 amide bonds.